The molecule has 0 fully saturated rings. The minimum absolute atomic E-state index is 0.163. The first-order valence-corrected chi connectivity index (χ1v) is 8.84. The van der Waals surface area contributed by atoms with Crippen LogP contribution >= 0.6 is 0 Å². The number of methoxy groups -OCH3 is 1. The van der Waals surface area contributed by atoms with Gasteiger partial charge in [-0.3, -0.25) is 14.6 Å². The molecule has 1 aromatic carbocycles. The van der Waals surface area contributed by atoms with E-state index in [9.17, 15) is 9.59 Å². The van der Waals surface area contributed by atoms with Crippen LogP contribution in [0.5, 0.6) is 0 Å². The lowest BCUT2D eigenvalue weighted by Gasteiger charge is -2.11. The zero-order valence-electron chi connectivity index (χ0n) is 14.9. The van der Waals surface area contributed by atoms with Crippen LogP contribution in [0.15, 0.2) is 36.7 Å². The molecule has 0 saturated heterocycles. The number of fused-ring (bicyclic) bond motifs is 1. The highest BCUT2D eigenvalue weighted by molar-refractivity contribution is 6.04. The molecule has 1 aromatic heterocycles. The summed E-state index contributed by atoms with van der Waals surface area (Å²) in [6.07, 6.45) is 7.34. The summed E-state index contributed by atoms with van der Waals surface area (Å²) in [5, 5.41) is 6.28. The molecule has 0 saturated carbocycles. The molecule has 2 aromatic rings. The van der Waals surface area contributed by atoms with E-state index < -0.39 is 0 Å². The molecule has 0 spiro atoms. The van der Waals surface area contributed by atoms with Crippen LogP contribution in [0.3, 0.4) is 0 Å². The normalized spacial score (nSPS) is 13.1. The first kappa shape index (κ1) is 17.9. The average Bonchev–Trinajstić information content (AvgIpc) is 2.91. The Hall–Kier alpha value is -2.89. The lowest BCUT2D eigenvalue weighted by atomic mass is 10.0. The lowest BCUT2D eigenvalue weighted by Crippen LogP contribution is -2.13. The van der Waals surface area contributed by atoms with Crippen LogP contribution in [-0.4, -0.2) is 30.5 Å². The van der Waals surface area contributed by atoms with Crippen molar-refractivity contribution in [2.75, 3.05) is 24.3 Å². The number of carbonyl (C=O) groups excluding carboxylic acids is 2. The largest absolute Gasteiger partial charge is 0.469 e. The van der Waals surface area contributed by atoms with Crippen LogP contribution < -0.4 is 10.6 Å². The zero-order chi connectivity index (χ0) is 18.4. The van der Waals surface area contributed by atoms with Gasteiger partial charge in [-0.05, 0) is 61.1 Å². The van der Waals surface area contributed by atoms with E-state index in [1.54, 1.807) is 12.4 Å². The molecule has 136 valence electrons. The number of nitrogens with zero attached hydrogens (tertiary/aromatic N) is 1. The third kappa shape index (κ3) is 4.59. The van der Waals surface area contributed by atoms with Gasteiger partial charge in [-0.25, -0.2) is 0 Å². The van der Waals surface area contributed by atoms with Crippen molar-refractivity contribution in [2.24, 2.45) is 0 Å². The molecule has 1 aliphatic rings. The number of aryl methyl sites for hydroxylation is 2. The van der Waals surface area contributed by atoms with E-state index in [2.05, 4.69) is 20.4 Å². The van der Waals surface area contributed by atoms with Crippen LogP contribution in [0.4, 0.5) is 11.4 Å². The second-order valence-electron chi connectivity index (χ2n) is 6.37. The van der Waals surface area contributed by atoms with Crippen LogP contribution in [0.25, 0.3) is 0 Å². The molecule has 6 heteroatoms. The molecular weight excluding hydrogens is 330 g/mol. The van der Waals surface area contributed by atoms with E-state index in [0.717, 1.165) is 37.1 Å². The van der Waals surface area contributed by atoms with E-state index in [1.807, 2.05) is 24.3 Å². The van der Waals surface area contributed by atoms with Crippen molar-refractivity contribution in [3.63, 3.8) is 0 Å². The van der Waals surface area contributed by atoms with Gasteiger partial charge in [0, 0.05) is 30.4 Å². The number of ether oxygens (including phenoxy) is 1. The van der Waals surface area contributed by atoms with Crippen LogP contribution in [0.1, 0.15) is 40.7 Å². The molecular formula is C20H23N3O3. The van der Waals surface area contributed by atoms with E-state index in [1.165, 1.54) is 12.7 Å². The molecule has 2 N–H and O–H groups in total. The standard InChI is InChI=1S/C20H23N3O3/c1-26-19(24)8-5-14-10-17(13-21-12-14)23-20(25)16-6-7-18-15(11-16)4-2-3-9-22-18/h6-7,10-13,22H,2-5,8-9H2,1H3,(H,23,25). The fraction of sp³-hybridized carbons (Fsp3) is 0.350. The smallest absolute Gasteiger partial charge is 0.305 e. The van der Waals surface area contributed by atoms with Gasteiger partial charge < -0.3 is 15.4 Å². The Morgan fingerprint density at radius 1 is 1.23 bits per heavy atom. The van der Waals surface area contributed by atoms with Gasteiger partial charge in [0.2, 0.25) is 0 Å². The van der Waals surface area contributed by atoms with Crippen molar-refractivity contribution in [3.05, 3.63) is 53.3 Å². The quantitative estimate of drug-likeness (QED) is 0.807. The number of amides is 1. The van der Waals surface area contributed by atoms with Gasteiger partial charge in [0.15, 0.2) is 0 Å². The second-order valence-corrected chi connectivity index (χ2v) is 6.37. The van der Waals surface area contributed by atoms with Crippen molar-refractivity contribution in [3.8, 4) is 0 Å². The Morgan fingerprint density at radius 3 is 2.96 bits per heavy atom. The first-order valence-electron chi connectivity index (χ1n) is 8.84. The molecule has 0 aliphatic carbocycles. The summed E-state index contributed by atoms with van der Waals surface area (Å²) in [4.78, 5) is 28.0. The van der Waals surface area contributed by atoms with Gasteiger partial charge >= 0.3 is 5.97 Å². The molecule has 0 bridgehead atoms. The summed E-state index contributed by atoms with van der Waals surface area (Å²) in [5.74, 6) is -0.429. The average molecular weight is 353 g/mol. The summed E-state index contributed by atoms with van der Waals surface area (Å²) in [6.45, 7) is 0.975. The van der Waals surface area contributed by atoms with Crippen molar-refractivity contribution >= 4 is 23.3 Å². The van der Waals surface area contributed by atoms with Crippen molar-refractivity contribution in [1.82, 2.24) is 4.98 Å². The number of esters is 1. The first-order chi connectivity index (χ1) is 12.7. The van der Waals surface area contributed by atoms with Gasteiger partial charge in [0.25, 0.3) is 5.91 Å². The Morgan fingerprint density at radius 2 is 2.12 bits per heavy atom. The number of aromatic nitrogens is 1. The van der Waals surface area contributed by atoms with E-state index >= 15 is 0 Å². The van der Waals surface area contributed by atoms with Gasteiger partial charge in [0.1, 0.15) is 0 Å². The Balaban J connectivity index is 1.68. The topological polar surface area (TPSA) is 80.3 Å². The number of anilines is 2. The number of carbonyl (C=O) groups is 2. The maximum atomic E-state index is 12.6. The van der Waals surface area contributed by atoms with Gasteiger partial charge in [0.05, 0.1) is 19.0 Å². The molecule has 1 amide bonds. The van der Waals surface area contributed by atoms with Crippen molar-refractivity contribution in [2.45, 2.75) is 32.1 Å². The predicted molar refractivity (Wildman–Crippen MR) is 100 cm³/mol. The van der Waals surface area contributed by atoms with E-state index in [0.29, 0.717) is 17.7 Å². The molecule has 0 radical (unpaired) electrons. The molecule has 0 unspecified atom stereocenters. The number of nitrogens with one attached hydrogen (secondary N) is 2. The third-order valence-corrected chi connectivity index (χ3v) is 4.45. The second kappa shape index (κ2) is 8.47. The summed E-state index contributed by atoms with van der Waals surface area (Å²) in [5.41, 5.74) is 4.42. The van der Waals surface area contributed by atoms with Gasteiger partial charge in [-0.2, -0.15) is 0 Å². The number of hydrogen-bond donors (Lipinski definition) is 2. The number of rotatable bonds is 5. The van der Waals surface area contributed by atoms with Crippen LogP contribution in [0, 0.1) is 0 Å². The van der Waals surface area contributed by atoms with Crippen LogP contribution in [0.2, 0.25) is 0 Å². The number of benzene rings is 1. The summed E-state index contributed by atoms with van der Waals surface area (Å²) < 4.78 is 4.64. The number of hydrogen-bond acceptors (Lipinski definition) is 5. The maximum absolute atomic E-state index is 12.6. The molecule has 26 heavy (non-hydrogen) atoms. The Kier molecular flexibility index (Phi) is 5.84. The molecule has 3 rings (SSSR count). The Bertz CT molecular complexity index is 805. The fourth-order valence-electron chi connectivity index (χ4n) is 3.02. The summed E-state index contributed by atoms with van der Waals surface area (Å²) >= 11 is 0. The van der Waals surface area contributed by atoms with Crippen molar-refractivity contribution in [1.29, 1.82) is 0 Å². The lowest BCUT2D eigenvalue weighted by molar-refractivity contribution is -0.140. The molecule has 0 atom stereocenters. The fourth-order valence-corrected chi connectivity index (χ4v) is 3.02. The summed E-state index contributed by atoms with van der Waals surface area (Å²) in [7, 11) is 1.37. The van der Waals surface area contributed by atoms with E-state index in [-0.39, 0.29) is 18.3 Å². The number of pyridine rings is 1. The highest BCUT2D eigenvalue weighted by Crippen LogP contribution is 2.23. The van der Waals surface area contributed by atoms with E-state index in [4.69, 9.17) is 0 Å². The third-order valence-electron chi connectivity index (χ3n) is 4.45. The van der Waals surface area contributed by atoms with Crippen LogP contribution in [-0.2, 0) is 22.4 Å². The molecule has 1 aliphatic heterocycles. The minimum atomic E-state index is -0.266. The molecule has 2 heterocycles. The highest BCUT2D eigenvalue weighted by Gasteiger charge is 2.12. The SMILES string of the molecule is COC(=O)CCc1cncc(NC(=O)c2ccc3c(c2)CCCCN3)c1. The summed E-state index contributed by atoms with van der Waals surface area (Å²) in [6, 6.07) is 7.60. The molecule has 6 nitrogen and oxygen atoms in total. The Labute approximate surface area is 153 Å². The zero-order valence-corrected chi connectivity index (χ0v) is 14.9. The predicted octanol–water partition coefficient (Wildman–Crippen LogP) is 3.19. The monoisotopic (exact) mass is 353 g/mol. The van der Waals surface area contributed by atoms with Gasteiger partial charge in [-0.1, -0.05) is 0 Å². The highest BCUT2D eigenvalue weighted by atomic mass is 16.5. The minimum Gasteiger partial charge on any atom is -0.469 e. The van der Waals surface area contributed by atoms with Crippen molar-refractivity contribution < 1.29 is 14.3 Å². The maximum Gasteiger partial charge on any atom is 0.305 e. The van der Waals surface area contributed by atoms with Gasteiger partial charge in [-0.15, -0.1) is 0 Å².